The van der Waals surface area contributed by atoms with Crippen LogP contribution in [0.3, 0.4) is 0 Å². The molecule has 3 N–H and O–H groups in total. The number of aromatic nitrogens is 5. The van der Waals surface area contributed by atoms with Gasteiger partial charge in [-0.2, -0.15) is 5.10 Å². The normalized spacial score (nSPS) is 15.2. The van der Waals surface area contributed by atoms with Crippen LogP contribution in [0.5, 0.6) is 5.75 Å². The van der Waals surface area contributed by atoms with Crippen molar-refractivity contribution in [2.45, 2.75) is 18.9 Å². The molecule has 1 atom stereocenters. The van der Waals surface area contributed by atoms with Gasteiger partial charge in [0.15, 0.2) is 11.3 Å². The molecule has 0 aliphatic carbocycles. The molecule has 1 saturated heterocycles. The van der Waals surface area contributed by atoms with Gasteiger partial charge in [-0.15, -0.1) is 0 Å². The Balaban J connectivity index is 1.51. The number of rotatable bonds is 5. The van der Waals surface area contributed by atoms with Crippen LogP contribution in [0, 0.1) is 0 Å². The van der Waals surface area contributed by atoms with Gasteiger partial charge < -0.3 is 25.6 Å². The zero-order chi connectivity index (χ0) is 27.7. The van der Waals surface area contributed by atoms with E-state index in [1.165, 1.54) is 17.3 Å². The number of piperidine rings is 1. The van der Waals surface area contributed by atoms with E-state index in [2.05, 4.69) is 31.9 Å². The average Bonchev–Trinajstić information content (AvgIpc) is 3.35. The van der Waals surface area contributed by atoms with Crippen LogP contribution in [-0.4, -0.2) is 79.6 Å². The Bertz CT molecular complexity index is 1610. The fraction of sp³-hybridized carbons (Fsp3) is 0.269. The Labute approximate surface area is 223 Å². The molecule has 39 heavy (non-hydrogen) atoms. The smallest absolute Gasteiger partial charge is 0.409 e. The maximum Gasteiger partial charge on any atom is 0.414 e. The summed E-state index contributed by atoms with van der Waals surface area (Å²) in [6.07, 6.45) is 5.14. The third kappa shape index (κ3) is 4.81. The van der Waals surface area contributed by atoms with Gasteiger partial charge in [0.25, 0.3) is 5.91 Å². The van der Waals surface area contributed by atoms with Gasteiger partial charge in [0, 0.05) is 38.8 Å². The summed E-state index contributed by atoms with van der Waals surface area (Å²) in [6, 6.07) is 6.42. The van der Waals surface area contributed by atoms with E-state index >= 15 is 0 Å². The van der Waals surface area contributed by atoms with E-state index in [0.29, 0.717) is 46.5 Å². The van der Waals surface area contributed by atoms with E-state index in [0.717, 1.165) is 12.8 Å². The summed E-state index contributed by atoms with van der Waals surface area (Å²) in [7, 11) is 3.16. The number of hydrogen-bond acceptors (Lipinski definition) is 9. The monoisotopic (exact) mass is 529 g/mol. The summed E-state index contributed by atoms with van der Waals surface area (Å²) in [5, 5.41) is 8.32. The second-order valence-corrected chi connectivity index (χ2v) is 9.26. The quantitative estimate of drug-likeness (QED) is 0.370. The number of carbonyl (C=O) groups excluding carboxylic acids is 3. The Morgan fingerprint density at radius 1 is 1.21 bits per heavy atom. The van der Waals surface area contributed by atoms with Crippen molar-refractivity contribution in [3.05, 3.63) is 55.1 Å². The summed E-state index contributed by atoms with van der Waals surface area (Å²) >= 11 is 0. The number of hydrogen-bond donors (Lipinski definition) is 2. The number of anilines is 2. The molecule has 4 heterocycles. The number of nitrogens with zero attached hydrogens (tertiary/aromatic N) is 7. The molecule has 200 valence electrons. The van der Waals surface area contributed by atoms with E-state index in [4.69, 9.17) is 10.5 Å². The summed E-state index contributed by atoms with van der Waals surface area (Å²) in [4.78, 5) is 53.8. The summed E-state index contributed by atoms with van der Waals surface area (Å²) in [6.45, 7) is 4.59. The summed E-state index contributed by atoms with van der Waals surface area (Å²) < 4.78 is 7.11. The molecule has 13 heteroatoms. The molecule has 3 amide bonds. The molecule has 4 aromatic rings. The van der Waals surface area contributed by atoms with Crippen LogP contribution in [0.15, 0.2) is 49.4 Å². The van der Waals surface area contributed by atoms with Crippen LogP contribution in [-0.2, 0) is 4.79 Å². The molecule has 1 aliphatic rings. The number of carbonyl (C=O) groups is 3. The van der Waals surface area contributed by atoms with Gasteiger partial charge in [-0.25, -0.2) is 19.4 Å². The highest BCUT2D eigenvalue weighted by atomic mass is 16.6. The van der Waals surface area contributed by atoms with E-state index in [-0.39, 0.29) is 23.5 Å². The Hall–Kier alpha value is -5.07. The lowest BCUT2D eigenvalue weighted by Crippen LogP contribution is -2.40. The van der Waals surface area contributed by atoms with Crippen molar-refractivity contribution in [3.8, 4) is 5.75 Å². The lowest BCUT2D eigenvalue weighted by molar-refractivity contribution is -0.127. The zero-order valence-electron chi connectivity index (χ0n) is 21.5. The number of likely N-dealkylation sites (tertiary alicyclic amines) is 1. The minimum atomic E-state index is -0.542. The Kier molecular flexibility index (Phi) is 6.79. The van der Waals surface area contributed by atoms with Crippen molar-refractivity contribution in [2.75, 3.05) is 38.2 Å². The largest absolute Gasteiger partial charge is 0.414 e. The van der Waals surface area contributed by atoms with E-state index in [9.17, 15) is 14.4 Å². The topological polar surface area (TPSA) is 161 Å². The molecule has 0 spiro atoms. The minimum Gasteiger partial charge on any atom is -0.409 e. The summed E-state index contributed by atoms with van der Waals surface area (Å²) in [5.74, 6) is -0.291. The lowest BCUT2D eigenvalue weighted by atomic mass is 10.1. The Morgan fingerprint density at radius 3 is 2.79 bits per heavy atom. The third-order valence-electron chi connectivity index (χ3n) is 6.50. The van der Waals surface area contributed by atoms with Crippen LogP contribution in [0.2, 0.25) is 0 Å². The van der Waals surface area contributed by atoms with Crippen LogP contribution in [0.25, 0.3) is 21.9 Å². The number of ether oxygens (including phenoxy) is 1. The van der Waals surface area contributed by atoms with Crippen LogP contribution >= 0.6 is 0 Å². The number of pyridine rings is 1. The third-order valence-corrected chi connectivity index (χ3v) is 6.50. The number of nitrogens with one attached hydrogen (secondary N) is 1. The SMILES string of the molecule is C=CC(=O)N1CCCC(n2nc(C(=O)Nc3ccc(OC(=O)N(C)C)c4cccnc34)c3c(N)ncnc32)C1. The molecule has 1 fully saturated rings. The highest BCUT2D eigenvalue weighted by molar-refractivity contribution is 6.15. The fourth-order valence-electron chi connectivity index (χ4n) is 4.60. The van der Waals surface area contributed by atoms with Crippen molar-refractivity contribution in [1.82, 2.24) is 34.5 Å². The number of nitrogen functional groups attached to an aromatic ring is 1. The van der Waals surface area contributed by atoms with Crippen molar-refractivity contribution in [3.63, 3.8) is 0 Å². The van der Waals surface area contributed by atoms with E-state index in [1.807, 2.05) is 0 Å². The highest BCUT2D eigenvalue weighted by Gasteiger charge is 2.29. The van der Waals surface area contributed by atoms with Crippen molar-refractivity contribution in [2.24, 2.45) is 0 Å². The fourth-order valence-corrected chi connectivity index (χ4v) is 4.60. The Morgan fingerprint density at radius 2 is 2.03 bits per heavy atom. The predicted octanol–water partition coefficient (Wildman–Crippen LogP) is 2.62. The van der Waals surface area contributed by atoms with Crippen LogP contribution < -0.4 is 15.8 Å². The first-order chi connectivity index (χ1) is 18.8. The lowest BCUT2D eigenvalue weighted by Gasteiger charge is -2.32. The van der Waals surface area contributed by atoms with Crippen LogP contribution in [0.1, 0.15) is 29.4 Å². The van der Waals surface area contributed by atoms with Gasteiger partial charge in [0.05, 0.1) is 22.6 Å². The first-order valence-corrected chi connectivity index (χ1v) is 12.3. The molecule has 1 aliphatic heterocycles. The van der Waals surface area contributed by atoms with Gasteiger partial charge >= 0.3 is 6.09 Å². The zero-order valence-corrected chi connectivity index (χ0v) is 21.5. The molecule has 13 nitrogen and oxygen atoms in total. The molecule has 5 rings (SSSR count). The first-order valence-electron chi connectivity index (χ1n) is 12.3. The number of fused-ring (bicyclic) bond motifs is 2. The predicted molar refractivity (Wildman–Crippen MR) is 144 cm³/mol. The number of nitrogens with two attached hydrogens (primary N) is 1. The van der Waals surface area contributed by atoms with E-state index < -0.39 is 12.0 Å². The minimum absolute atomic E-state index is 0.0439. The standard InChI is InChI=1S/C26H27N9O4/c1-4-19(36)34-12-6-7-15(13-34)35-24-20(23(27)29-14-30-24)22(32-35)25(37)31-17-9-10-18(39-26(38)33(2)3)16-8-5-11-28-21(16)17/h4-5,8-11,14-15H,1,6-7,12-13H2,2-3H3,(H,31,37)(H2,27,29,30). The van der Waals surface area contributed by atoms with Gasteiger partial charge in [-0.3, -0.25) is 14.6 Å². The van der Waals surface area contributed by atoms with Gasteiger partial charge in [-0.05, 0) is 43.2 Å². The molecule has 0 bridgehead atoms. The molecule has 3 aromatic heterocycles. The molecule has 1 unspecified atom stereocenters. The molecule has 1 aromatic carbocycles. The first kappa shape index (κ1) is 25.6. The molecule has 0 saturated carbocycles. The average molecular weight is 530 g/mol. The summed E-state index contributed by atoms with van der Waals surface area (Å²) in [5.41, 5.74) is 7.44. The molecular formula is C26H27N9O4. The second-order valence-electron chi connectivity index (χ2n) is 9.26. The van der Waals surface area contributed by atoms with Crippen molar-refractivity contribution < 1.29 is 19.1 Å². The van der Waals surface area contributed by atoms with E-state index in [1.54, 1.807) is 54.1 Å². The van der Waals surface area contributed by atoms with Gasteiger partial charge in [0.1, 0.15) is 17.9 Å². The maximum atomic E-state index is 13.6. The van der Waals surface area contributed by atoms with Crippen molar-refractivity contribution in [1.29, 1.82) is 0 Å². The number of amides is 3. The van der Waals surface area contributed by atoms with Gasteiger partial charge in [0.2, 0.25) is 5.91 Å². The maximum absolute atomic E-state index is 13.6. The number of benzene rings is 1. The molecular weight excluding hydrogens is 502 g/mol. The molecule has 0 radical (unpaired) electrons. The van der Waals surface area contributed by atoms with Crippen LogP contribution in [0.4, 0.5) is 16.3 Å². The van der Waals surface area contributed by atoms with Gasteiger partial charge in [-0.1, -0.05) is 6.58 Å². The highest BCUT2D eigenvalue weighted by Crippen LogP contribution is 2.32. The van der Waals surface area contributed by atoms with Crippen molar-refractivity contribution >= 4 is 51.3 Å². The second kappa shape index (κ2) is 10.4.